The first kappa shape index (κ1) is 144. The van der Waals surface area contributed by atoms with Crippen molar-refractivity contribution in [3.8, 4) is 0 Å². The molecule has 0 fully saturated rings. The SMILES string of the molecule is C=CC(=O)O.C=CC(=O)O.CCCCCCCCCC.CCCCCCCCCC.CCCCCCCCCC.CCCCCCCCCC.CCCCCCCCCC.CCCCCCCCCC.CCCCCCCCCC.CCCCCCCCCC.CCCCCCCCCC.CCCCCCCCCCCCCCCCCCCC. The van der Waals surface area contributed by atoms with E-state index in [0.29, 0.717) is 0 Å². The average molecular weight is 1710 g/mol. The van der Waals surface area contributed by atoms with E-state index < -0.39 is 11.9 Å². The second-order valence-corrected chi connectivity index (χ2v) is 35.8. The molecule has 0 unspecified atom stereocenters. The molecule has 0 saturated carbocycles. The lowest BCUT2D eigenvalue weighted by Crippen LogP contribution is -1.83. The summed E-state index contributed by atoms with van der Waals surface area (Å²) in [6.07, 6.45) is 131. The van der Waals surface area contributed by atoms with Crippen molar-refractivity contribution in [2.24, 2.45) is 0 Å². The predicted octanol–water partition coefficient (Wildman–Crippen LogP) is 45.9. The minimum Gasteiger partial charge on any atom is -0.478 e. The van der Waals surface area contributed by atoms with Crippen molar-refractivity contribution < 1.29 is 19.8 Å². The monoisotopic (exact) mass is 1710 g/mol. The van der Waals surface area contributed by atoms with Gasteiger partial charge in [-0.1, -0.05) is 730 Å². The number of carboxylic acid groups (broad SMARTS) is 2. The molecule has 0 aromatic heterocycles. The van der Waals surface area contributed by atoms with Crippen LogP contribution in [0.1, 0.15) is 716 Å². The van der Waals surface area contributed by atoms with Crippen molar-refractivity contribution in [1.82, 2.24) is 0 Å². The van der Waals surface area contributed by atoms with E-state index in [2.05, 4.69) is 152 Å². The smallest absolute Gasteiger partial charge is 0.327 e. The Kier molecular flexibility index (Phi) is 206. The summed E-state index contributed by atoms with van der Waals surface area (Å²) >= 11 is 0. The van der Waals surface area contributed by atoms with Crippen LogP contribution in [0.15, 0.2) is 25.3 Å². The average Bonchev–Trinajstić information content (AvgIpc) is 1.20. The van der Waals surface area contributed by atoms with E-state index in [9.17, 15) is 9.59 Å². The first-order valence-electron chi connectivity index (χ1n) is 56.4. The van der Waals surface area contributed by atoms with E-state index in [0.717, 1.165) is 12.2 Å². The minimum absolute atomic E-state index is 0.833. The molecule has 0 radical (unpaired) electrons. The van der Waals surface area contributed by atoms with Crippen LogP contribution in [0.4, 0.5) is 0 Å². The highest BCUT2D eigenvalue weighted by molar-refractivity contribution is 5.79. The zero-order chi connectivity index (χ0) is 92.2. The Labute approximate surface area is 768 Å². The number of hydrogen-bond donors (Lipinski definition) is 2. The maximum absolute atomic E-state index is 9.25. The van der Waals surface area contributed by atoms with Gasteiger partial charge in [0.2, 0.25) is 0 Å². The lowest BCUT2D eigenvalue weighted by atomic mass is 10.0. The number of carboxylic acids is 2. The van der Waals surface area contributed by atoms with E-state index in [4.69, 9.17) is 10.2 Å². The van der Waals surface area contributed by atoms with Crippen LogP contribution in [-0.2, 0) is 9.59 Å². The molecule has 0 aromatic rings. The van der Waals surface area contributed by atoms with Crippen molar-refractivity contribution in [1.29, 1.82) is 0 Å². The zero-order valence-corrected chi connectivity index (χ0v) is 88.9. The number of hydrogen-bond acceptors (Lipinski definition) is 2. The van der Waals surface area contributed by atoms with Crippen LogP contribution >= 0.6 is 0 Å². The van der Waals surface area contributed by atoms with Gasteiger partial charge in [0.05, 0.1) is 0 Å². The van der Waals surface area contributed by atoms with Crippen LogP contribution in [0.2, 0.25) is 0 Å². The van der Waals surface area contributed by atoms with E-state index in [1.807, 2.05) is 0 Å². The molecule has 0 atom stereocenters. The fourth-order valence-corrected chi connectivity index (χ4v) is 13.8. The van der Waals surface area contributed by atoms with Gasteiger partial charge in [-0.15, -0.1) is 0 Å². The second kappa shape index (κ2) is 171. The molecule has 736 valence electrons. The highest BCUT2D eigenvalue weighted by atomic mass is 16.4. The summed E-state index contributed by atoms with van der Waals surface area (Å²) in [5.74, 6) is -1.96. The summed E-state index contributed by atoms with van der Waals surface area (Å²) < 4.78 is 0. The van der Waals surface area contributed by atoms with Crippen LogP contribution in [0.25, 0.3) is 0 Å². The maximum atomic E-state index is 9.25. The van der Waals surface area contributed by atoms with Crippen LogP contribution in [0.5, 0.6) is 0 Å². The number of carbonyl (C=O) groups is 2. The summed E-state index contributed by atoms with van der Waals surface area (Å²) in [4.78, 5) is 18.5. The number of unbranched alkanes of at least 4 members (excludes halogenated alkanes) is 80. The Hall–Kier alpha value is -1.58. The number of aliphatic carboxylic acids is 2. The standard InChI is InChI=1S/C20H42.9C10H22.2C3H4O2/c1-3-5-7-9-11-13-15-17-19-20-18-16-14-12-10-8-6-4-2;9*1-3-5-7-9-10-8-6-4-2;2*1-2-3(4)5/h3-20H2,1-2H3;9*3-10H2,1-2H3;2*2H,1H2,(H,4,5). The highest BCUT2D eigenvalue weighted by Crippen LogP contribution is 2.18. The minimum atomic E-state index is -0.981. The lowest BCUT2D eigenvalue weighted by Gasteiger charge is -2.03. The molecule has 0 aliphatic carbocycles. The first-order valence-corrected chi connectivity index (χ1v) is 56.4. The quantitative estimate of drug-likeness (QED) is 0.0470. The summed E-state index contributed by atoms with van der Waals surface area (Å²) in [6.45, 7) is 51.4. The molecule has 0 bridgehead atoms. The molecule has 2 N–H and O–H groups in total. The van der Waals surface area contributed by atoms with Gasteiger partial charge < -0.3 is 10.2 Å². The topological polar surface area (TPSA) is 74.6 Å². The Morgan fingerprint density at radius 2 is 0.158 bits per heavy atom. The highest BCUT2D eigenvalue weighted by Gasteiger charge is 1.98. The molecule has 0 aliphatic rings. The van der Waals surface area contributed by atoms with Gasteiger partial charge in [-0.2, -0.15) is 0 Å². The molecule has 120 heavy (non-hydrogen) atoms. The third-order valence-electron chi connectivity index (χ3n) is 22.4. The summed E-state index contributed by atoms with van der Waals surface area (Å²) in [6, 6.07) is 0. The Bertz CT molecular complexity index is 1140. The molecular weight excluding hydrogens is 1460 g/mol. The Morgan fingerprint density at radius 1 is 0.125 bits per heavy atom. The van der Waals surface area contributed by atoms with E-state index in [-0.39, 0.29) is 0 Å². The van der Waals surface area contributed by atoms with Gasteiger partial charge in [0, 0.05) is 12.2 Å². The fourth-order valence-electron chi connectivity index (χ4n) is 13.8. The summed E-state index contributed by atoms with van der Waals surface area (Å²) in [5.41, 5.74) is 0. The van der Waals surface area contributed by atoms with Crippen LogP contribution in [-0.4, -0.2) is 22.2 Å². The second-order valence-electron chi connectivity index (χ2n) is 35.8. The number of rotatable bonds is 82. The first-order chi connectivity index (χ1) is 58.7. The van der Waals surface area contributed by atoms with Gasteiger partial charge >= 0.3 is 11.9 Å². The van der Waals surface area contributed by atoms with Crippen molar-refractivity contribution in [3.63, 3.8) is 0 Å². The van der Waals surface area contributed by atoms with Crippen LogP contribution in [0.3, 0.4) is 0 Å². The van der Waals surface area contributed by atoms with Gasteiger partial charge in [-0.3, -0.25) is 0 Å². The third-order valence-corrected chi connectivity index (χ3v) is 22.4. The van der Waals surface area contributed by atoms with Crippen molar-refractivity contribution in [2.45, 2.75) is 716 Å². The van der Waals surface area contributed by atoms with E-state index in [1.165, 1.54) is 578 Å². The summed E-state index contributed by atoms with van der Waals surface area (Å²) in [7, 11) is 0. The lowest BCUT2D eigenvalue weighted by molar-refractivity contribution is -0.132. The molecule has 4 nitrogen and oxygen atoms in total. The summed E-state index contributed by atoms with van der Waals surface area (Å²) in [5, 5.41) is 15.2. The Balaban J connectivity index is -0.000000108. The van der Waals surface area contributed by atoms with Crippen LogP contribution < -0.4 is 0 Å². The molecule has 0 rings (SSSR count). The van der Waals surface area contributed by atoms with Gasteiger partial charge in [0.25, 0.3) is 0 Å². The van der Waals surface area contributed by atoms with Gasteiger partial charge in [-0.05, 0) is 0 Å². The molecule has 0 aromatic carbocycles. The Morgan fingerprint density at radius 3 is 0.183 bits per heavy atom. The van der Waals surface area contributed by atoms with Gasteiger partial charge in [0.15, 0.2) is 0 Å². The van der Waals surface area contributed by atoms with Crippen molar-refractivity contribution in [2.75, 3.05) is 0 Å². The maximum Gasteiger partial charge on any atom is 0.327 e. The molecule has 4 heteroatoms. The van der Waals surface area contributed by atoms with E-state index >= 15 is 0 Å². The molecule has 0 saturated heterocycles. The predicted molar refractivity (Wildman–Crippen MR) is 565 cm³/mol. The van der Waals surface area contributed by atoms with Crippen LogP contribution in [0, 0.1) is 0 Å². The largest absolute Gasteiger partial charge is 0.478 e. The molecular formula is C116H248O4. The normalized spacial score (nSPS) is 10.0. The molecule has 0 amide bonds. The van der Waals surface area contributed by atoms with E-state index in [1.54, 1.807) is 0 Å². The van der Waals surface area contributed by atoms with Gasteiger partial charge in [0.1, 0.15) is 0 Å². The third kappa shape index (κ3) is 228. The zero-order valence-electron chi connectivity index (χ0n) is 88.9. The fraction of sp³-hybridized carbons (Fsp3) is 0.948. The van der Waals surface area contributed by atoms with Gasteiger partial charge in [-0.25, -0.2) is 9.59 Å². The molecule has 0 spiro atoms. The van der Waals surface area contributed by atoms with Crippen molar-refractivity contribution in [3.05, 3.63) is 25.3 Å². The molecule has 0 aliphatic heterocycles. The van der Waals surface area contributed by atoms with Crippen molar-refractivity contribution >= 4 is 11.9 Å². The molecule has 0 heterocycles.